The fourth-order valence-electron chi connectivity index (χ4n) is 1.42. The lowest BCUT2D eigenvalue weighted by Gasteiger charge is -2.01. The maximum absolute atomic E-state index is 11.9. The van der Waals surface area contributed by atoms with Crippen LogP contribution in [0, 0.1) is 0 Å². The van der Waals surface area contributed by atoms with E-state index in [0.717, 1.165) is 18.5 Å². The Balaban J connectivity index is 2.15. The van der Waals surface area contributed by atoms with E-state index in [1.165, 1.54) is 11.3 Å². The minimum Gasteiger partial charge on any atom is -0.280 e. The molecule has 0 aliphatic rings. The smallest absolute Gasteiger partial charge is 0.272 e. The number of H-pyrrole nitrogens is 1. The van der Waals surface area contributed by atoms with Crippen molar-refractivity contribution < 1.29 is 8.42 Å². The summed E-state index contributed by atoms with van der Waals surface area (Å²) in [4.78, 5) is 0. The molecule has 0 saturated heterocycles. The van der Waals surface area contributed by atoms with Gasteiger partial charge in [-0.05, 0) is 17.9 Å². The van der Waals surface area contributed by atoms with Gasteiger partial charge < -0.3 is 0 Å². The summed E-state index contributed by atoms with van der Waals surface area (Å²) < 4.78 is 26.5. The second-order valence-electron chi connectivity index (χ2n) is 3.57. The molecule has 0 spiro atoms. The predicted molar refractivity (Wildman–Crippen MR) is 67.7 cm³/mol. The van der Waals surface area contributed by atoms with E-state index in [1.54, 1.807) is 23.6 Å². The normalized spacial score (nSPS) is 11.6. The van der Waals surface area contributed by atoms with Crippen LogP contribution in [0.4, 0.5) is 5.82 Å². The predicted octanol–water partition coefficient (Wildman–Crippen LogP) is 2.22. The Kier molecular flexibility index (Phi) is 3.49. The highest BCUT2D eigenvalue weighted by atomic mass is 32.2. The van der Waals surface area contributed by atoms with Crippen molar-refractivity contribution in [2.45, 2.75) is 24.0 Å². The highest BCUT2D eigenvalue weighted by Gasteiger charge is 2.16. The van der Waals surface area contributed by atoms with Gasteiger partial charge >= 0.3 is 0 Å². The molecule has 0 fully saturated rings. The fourth-order valence-corrected chi connectivity index (χ4v) is 3.40. The third kappa shape index (κ3) is 2.86. The second kappa shape index (κ2) is 4.89. The first-order valence-corrected chi connectivity index (χ1v) is 7.58. The second-order valence-corrected chi connectivity index (χ2v) is 6.42. The Bertz CT molecular complexity index is 572. The molecule has 2 heterocycles. The first-order chi connectivity index (χ1) is 8.12. The molecule has 2 N–H and O–H groups in total. The lowest BCUT2D eigenvalue weighted by atomic mass is 10.2. The molecule has 0 radical (unpaired) electrons. The van der Waals surface area contributed by atoms with Gasteiger partial charge in [0.1, 0.15) is 4.21 Å². The van der Waals surface area contributed by atoms with Gasteiger partial charge in [-0.25, -0.2) is 8.42 Å². The monoisotopic (exact) mass is 271 g/mol. The highest BCUT2D eigenvalue weighted by Crippen LogP contribution is 2.19. The number of aromatic nitrogens is 2. The van der Waals surface area contributed by atoms with Gasteiger partial charge in [0.25, 0.3) is 10.0 Å². The number of thiophene rings is 1. The summed E-state index contributed by atoms with van der Waals surface area (Å²) in [6.07, 6.45) is 1.84. The quantitative estimate of drug-likeness (QED) is 0.875. The zero-order chi connectivity index (χ0) is 12.3. The van der Waals surface area contributed by atoms with Gasteiger partial charge in [0, 0.05) is 11.8 Å². The van der Waals surface area contributed by atoms with E-state index in [0.29, 0.717) is 5.82 Å². The number of aryl methyl sites for hydroxylation is 1. The number of hydrogen-bond donors (Lipinski definition) is 2. The molecule has 92 valence electrons. The molecule has 2 aromatic heterocycles. The van der Waals surface area contributed by atoms with Crippen molar-refractivity contribution in [3.8, 4) is 0 Å². The molecule has 7 heteroatoms. The van der Waals surface area contributed by atoms with Crippen molar-refractivity contribution in [1.29, 1.82) is 0 Å². The van der Waals surface area contributed by atoms with Crippen LogP contribution in [0.2, 0.25) is 0 Å². The van der Waals surface area contributed by atoms with Crippen LogP contribution < -0.4 is 4.72 Å². The number of anilines is 1. The van der Waals surface area contributed by atoms with Crippen LogP contribution in [-0.2, 0) is 16.4 Å². The van der Waals surface area contributed by atoms with Crippen LogP contribution in [-0.4, -0.2) is 18.6 Å². The summed E-state index contributed by atoms with van der Waals surface area (Å²) in [5.41, 5.74) is 0.927. The largest absolute Gasteiger partial charge is 0.280 e. The van der Waals surface area contributed by atoms with Crippen molar-refractivity contribution in [1.82, 2.24) is 10.2 Å². The van der Waals surface area contributed by atoms with E-state index >= 15 is 0 Å². The van der Waals surface area contributed by atoms with Gasteiger partial charge in [-0.1, -0.05) is 19.4 Å². The van der Waals surface area contributed by atoms with E-state index in [1.807, 2.05) is 0 Å². The summed E-state index contributed by atoms with van der Waals surface area (Å²) in [5, 5.41) is 8.44. The highest BCUT2D eigenvalue weighted by molar-refractivity contribution is 7.94. The van der Waals surface area contributed by atoms with Gasteiger partial charge in [-0.3, -0.25) is 9.82 Å². The number of nitrogens with zero attached hydrogens (tertiary/aromatic N) is 1. The molecular formula is C10H13N3O2S2. The van der Waals surface area contributed by atoms with Crippen LogP contribution in [0.3, 0.4) is 0 Å². The zero-order valence-corrected chi connectivity index (χ0v) is 10.9. The third-order valence-electron chi connectivity index (χ3n) is 2.15. The molecule has 0 aliphatic heterocycles. The van der Waals surface area contributed by atoms with Crippen molar-refractivity contribution in [2.75, 3.05) is 4.72 Å². The molecule has 5 nitrogen and oxygen atoms in total. The average molecular weight is 271 g/mol. The average Bonchev–Trinajstić information content (AvgIpc) is 2.88. The van der Waals surface area contributed by atoms with E-state index in [9.17, 15) is 8.42 Å². The lowest BCUT2D eigenvalue weighted by molar-refractivity contribution is 0.603. The number of aromatic amines is 1. The van der Waals surface area contributed by atoms with E-state index in [2.05, 4.69) is 21.8 Å². The summed E-state index contributed by atoms with van der Waals surface area (Å²) in [5.74, 6) is 0.335. The molecule has 2 rings (SSSR count). The first kappa shape index (κ1) is 12.1. The molecule has 0 amide bonds. The van der Waals surface area contributed by atoms with Crippen molar-refractivity contribution in [3.63, 3.8) is 0 Å². The first-order valence-electron chi connectivity index (χ1n) is 5.22. The van der Waals surface area contributed by atoms with Crippen molar-refractivity contribution >= 4 is 27.2 Å². The molecule has 2 aromatic rings. The standard InChI is InChI=1S/C10H13N3O2S2/c1-2-4-8-7-9(12-11-8)13-17(14,15)10-5-3-6-16-10/h3,5-7H,2,4H2,1H3,(H2,11,12,13). The van der Waals surface area contributed by atoms with Crippen molar-refractivity contribution in [3.05, 3.63) is 29.3 Å². The molecule has 0 aromatic carbocycles. The van der Waals surface area contributed by atoms with Crippen LogP contribution >= 0.6 is 11.3 Å². The van der Waals surface area contributed by atoms with Crippen LogP contribution in [0.5, 0.6) is 0 Å². The number of nitrogens with one attached hydrogen (secondary N) is 2. The van der Waals surface area contributed by atoms with Gasteiger partial charge in [0.15, 0.2) is 5.82 Å². The number of hydrogen-bond acceptors (Lipinski definition) is 4. The van der Waals surface area contributed by atoms with Crippen molar-refractivity contribution in [2.24, 2.45) is 0 Å². The van der Waals surface area contributed by atoms with Crippen LogP contribution in [0.15, 0.2) is 27.8 Å². The number of rotatable bonds is 5. The minimum atomic E-state index is -3.49. The Hall–Kier alpha value is -1.34. The van der Waals surface area contributed by atoms with E-state index < -0.39 is 10.0 Å². The molecule has 0 bridgehead atoms. The molecule has 0 atom stereocenters. The topological polar surface area (TPSA) is 74.8 Å². The molecule has 0 aliphatic carbocycles. The maximum Gasteiger partial charge on any atom is 0.272 e. The lowest BCUT2D eigenvalue weighted by Crippen LogP contribution is -2.11. The molecular weight excluding hydrogens is 258 g/mol. The number of sulfonamides is 1. The molecule has 0 saturated carbocycles. The summed E-state index contributed by atoms with van der Waals surface area (Å²) >= 11 is 1.18. The minimum absolute atomic E-state index is 0.289. The van der Waals surface area contributed by atoms with Crippen LogP contribution in [0.1, 0.15) is 19.0 Å². The summed E-state index contributed by atoms with van der Waals surface area (Å²) in [6, 6.07) is 4.98. The zero-order valence-electron chi connectivity index (χ0n) is 9.30. The third-order valence-corrected chi connectivity index (χ3v) is 4.90. The Labute approximate surface area is 104 Å². The van der Waals surface area contributed by atoms with Gasteiger partial charge in [-0.15, -0.1) is 11.3 Å². The fraction of sp³-hybridized carbons (Fsp3) is 0.300. The maximum atomic E-state index is 11.9. The van der Waals surface area contributed by atoms with Gasteiger partial charge in [0.05, 0.1) is 0 Å². The Morgan fingerprint density at radius 2 is 2.35 bits per heavy atom. The van der Waals surface area contributed by atoms with E-state index in [-0.39, 0.29) is 4.21 Å². The summed E-state index contributed by atoms with van der Waals surface area (Å²) in [6.45, 7) is 2.05. The van der Waals surface area contributed by atoms with Gasteiger partial charge in [0.2, 0.25) is 0 Å². The van der Waals surface area contributed by atoms with Gasteiger partial charge in [-0.2, -0.15) is 5.10 Å². The van der Waals surface area contributed by atoms with E-state index in [4.69, 9.17) is 0 Å². The van der Waals surface area contributed by atoms with Crippen LogP contribution in [0.25, 0.3) is 0 Å². The Morgan fingerprint density at radius 1 is 1.53 bits per heavy atom. The molecule has 17 heavy (non-hydrogen) atoms. The Morgan fingerprint density at radius 3 is 3.00 bits per heavy atom. The summed E-state index contributed by atoms with van der Waals surface area (Å²) in [7, 11) is -3.49. The molecule has 0 unspecified atom stereocenters. The SMILES string of the molecule is CCCc1cc(NS(=O)(=O)c2cccs2)n[nH]1.